The fraction of sp³-hybridized carbons (Fsp3) is 0.478. The lowest BCUT2D eigenvalue weighted by Gasteiger charge is -2.32. The summed E-state index contributed by atoms with van der Waals surface area (Å²) in [6.45, 7) is 7.47. The van der Waals surface area contributed by atoms with Crippen LogP contribution in [0.5, 0.6) is 5.75 Å². The van der Waals surface area contributed by atoms with Gasteiger partial charge in [0.05, 0.1) is 36.2 Å². The molecule has 0 saturated carbocycles. The number of hydrogen-bond acceptors (Lipinski definition) is 8. The molecule has 10 heteroatoms. The van der Waals surface area contributed by atoms with Gasteiger partial charge < -0.3 is 20.5 Å². The molecule has 174 valence electrons. The van der Waals surface area contributed by atoms with Gasteiger partial charge in [-0.25, -0.2) is 9.97 Å². The van der Waals surface area contributed by atoms with E-state index in [0.29, 0.717) is 11.6 Å². The van der Waals surface area contributed by atoms with Gasteiger partial charge in [-0.2, -0.15) is 9.61 Å². The van der Waals surface area contributed by atoms with Crippen molar-refractivity contribution in [1.29, 1.82) is 0 Å². The number of fused-ring (bicyclic) bond motifs is 3. The van der Waals surface area contributed by atoms with Crippen LogP contribution in [0.2, 0.25) is 0 Å². The van der Waals surface area contributed by atoms with Gasteiger partial charge in [-0.15, -0.1) is 5.10 Å². The van der Waals surface area contributed by atoms with Gasteiger partial charge in [-0.05, 0) is 45.7 Å². The SMILES string of the molecule is COc1ccc2c(c1)nc(N)n1nc([C@@H]3CCCN(c4cnn(C(C)(C)C(C)O)c4)C3)nc21. The molecule has 2 atom stereocenters. The number of ether oxygens (including phenoxy) is 1. The molecule has 4 aromatic rings. The Bertz CT molecular complexity index is 1310. The molecule has 1 aromatic carbocycles. The summed E-state index contributed by atoms with van der Waals surface area (Å²) in [5.74, 6) is 1.97. The Kier molecular flexibility index (Phi) is 5.12. The van der Waals surface area contributed by atoms with Crippen LogP contribution in [0.4, 0.5) is 11.6 Å². The van der Waals surface area contributed by atoms with Crippen molar-refractivity contribution >= 4 is 28.2 Å². The van der Waals surface area contributed by atoms with E-state index in [9.17, 15) is 5.11 Å². The number of aromatic nitrogens is 6. The van der Waals surface area contributed by atoms with E-state index in [4.69, 9.17) is 20.6 Å². The van der Waals surface area contributed by atoms with Gasteiger partial charge >= 0.3 is 0 Å². The van der Waals surface area contributed by atoms with E-state index in [1.54, 1.807) is 18.5 Å². The summed E-state index contributed by atoms with van der Waals surface area (Å²) in [4.78, 5) is 11.7. The number of nitrogens with two attached hydrogens (primary N) is 1. The molecule has 3 aromatic heterocycles. The Hall–Kier alpha value is -3.40. The zero-order valence-electron chi connectivity index (χ0n) is 19.4. The Morgan fingerprint density at radius 2 is 2.09 bits per heavy atom. The van der Waals surface area contributed by atoms with Crippen molar-refractivity contribution < 1.29 is 9.84 Å². The first-order chi connectivity index (χ1) is 15.8. The lowest BCUT2D eigenvalue weighted by Crippen LogP contribution is -2.38. The van der Waals surface area contributed by atoms with E-state index in [0.717, 1.165) is 54.1 Å². The van der Waals surface area contributed by atoms with Crippen LogP contribution in [0.3, 0.4) is 0 Å². The molecule has 5 rings (SSSR count). The van der Waals surface area contributed by atoms with Crippen molar-refractivity contribution in [3.05, 3.63) is 36.4 Å². The van der Waals surface area contributed by atoms with Crippen LogP contribution >= 0.6 is 0 Å². The summed E-state index contributed by atoms with van der Waals surface area (Å²) in [7, 11) is 1.63. The highest BCUT2D eigenvalue weighted by molar-refractivity contribution is 5.93. The minimum atomic E-state index is -0.518. The molecule has 1 unspecified atom stereocenters. The normalized spacial score (nSPS) is 18.2. The van der Waals surface area contributed by atoms with Gasteiger partial charge in [0.2, 0.25) is 5.95 Å². The summed E-state index contributed by atoms with van der Waals surface area (Å²) in [5.41, 5.74) is 8.21. The molecule has 0 bridgehead atoms. The van der Waals surface area contributed by atoms with Gasteiger partial charge in [0.1, 0.15) is 5.75 Å². The molecule has 3 N–H and O–H groups in total. The standard InChI is InChI=1S/C23H30N8O2/c1-14(32)23(2,3)30-13-16(11-25-30)29-9-5-6-15(12-29)20-27-21-18-8-7-17(33-4)10-19(18)26-22(24)31(21)28-20/h7-8,10-11,13-15,32H,5-6,9,12H2,1-4H3,(H2,24,26)/t14?,15-/m1/s1. The van der Waals surface area contributed by atoms with Crippen LogP contribution in [-0.2, 0) is 5.54 Å². The van der Waals surface area contributed by atoms with Crippen LogP contribution in [-0.4, -0.2) is 60.8 Å². The second-order valence-electron chi connectivity index (χ2n) is 9.32. The summed E-state index contributed by atoms with van der Waals surface area (Å²) in [6, 6.07) is 5.69. The molecule has 0 radical (unpaired) electrons. The average molecular weight is 451 g/mol. The first kappa shape index (κ1) is 21.4. The number of aliphatic hydroxyl groups is 1. The third-order valence-corrected chi connectivity index (χ3v) is 6.85. The molecular weight excluding hydrogens is 420 g/mol. The van der Waals surface area contributed by atoms with Crippen LogP contribution in [0.1, 0.15) is 45.4 Å². The monoisotopic (exact) mass is 450 g/mol. The van der Waals surface area contributed by atoms with Crippen molar-refractivity contribution in [3.63, 3.8) is 0 Å². The van der Waals surface area contributed by atoms with Gasteiger partial charge in [0.15, 0.2) is 11.5 Å². The zero-order chi connectivity index (χ0) is 23.3. The zero-order valence-corrected chi connectivity index (χ0v) is 19.4. The molecule has 0 aliphatic carbocycles. The number of piperidine rings is 1. The molecule has 1 saturated heterocycles. The smallest absolute Gasteiger partial charge is 0.223 e. The summed E-state index contributed by atoms with van der Waals surface area (Å²) < 4.78 is 8.79. The highest BCUT2D eigenvalue weighted by atomic mass is 16.5. The predicted octanol–water partition coefficient (Wildman–Crippen LogP) is 2.56. The van der Waals surface area contributed by atoms with Crippen LogP contribution < -0.4 is 15.4 Å². The van der Waals surface area contributed by atoms with Crippen molar-refractivity contribution in [2.24, 2.45) is 0 Å². The Balaban J connectivity index is 1.45. The molecule has 1 aliphatic rings. The first-order valence-electron chi connectivity index (χ1n) is 11.3. The fourth-order valence-corrected chi connectivity index (χ4v) is 4.33. The number of nitrogen functional groups attached to an aromatic ring is 1. The van der Waals surface area contributed by atoms with Crippen LogP contribution in [0.15, 0.2) is 30.6 Å². The van der Waals surface area contributed by atoms with Crippen molar-refractivity contribution in [2.75, 3.05) is 30.8 Å². The maximum absolute atomic E-state index is 10.1. The van der Waals surface area contributed by atoms with E-state index in [1.165, 1.54) is 0 Å². The lowest BCUT2D eigenvalue weighted by atomic mass is 9.97. The second-order valence-corrected chi connectivity index (χ2v) is 9.32. The topological polar surface area (TPSA) is 120 Å². The van der Waals surface area contributed by atoms with Gasteiger partial charge in [-0.1, -0.05) is 0 Å². The molecule has 1 aliphatic heterocycles. The highest BCUT2D eigenvalue weighted by Crippen LogP contribution is 2.31. The fourth-order valence-electron chi connectivity index (χ4n) is 4.33. The van der Waals surface area contributed by atoms with Crippen molar-refractivity contribution in [3.8, 4) is 5.75 Å². The van der Waals surface area contributed by atoms with E-state index in [-0.39, 0.29) is 5.92 Å². The Morgan fingerprint density at radius 3 is 2.85 bits per heavy atom. The predicted molar refractivity (Wildman–Crippen MR) is 127 cm³/mol. The third-order valence-electron chi connectivity index (χ3n) is 6.85. The van der Waals surface area contributed by atoms with E-state index < -0.39 is 11.6 Å². The molecule has 4 heterocycles. The molecule has 10 nitrogen and oxygen atoms in total. The number of aliphatic hydroxyl groups excluding tert-OH is 1. The van der Waals surface area contributed by atoms with E-state index in [1.807, 2.05) is 49.1 Å². The minimum absolute atomic E-state index is 0.166. The van der Waals surface area contributed by atoms with Gasteiger partial charge in [-0.3, -0.25) is 4.68 Å². The maximum Gasteiger partial charge on any atom is 0.223 e. The summed E-state index contributed by atoms with van der Waals surface area (Å²) >= 11 is 0. The highest BCUT2D eigenvalue weighted by Gasteiger charge is 2.30. The molecular formula is C23H30N8O2. The van der Waals surface area contributed by atoms with Gasteiger partial charge in [0.25, 0.3) is 0 Å². The third kappa shape index (κ3) is 3.64. The Labute approximate surface area is 192 Å². The van der Waals surface area contributed by atoms with Crippen molar-refractivity contribution in [2.45, 2.75) is 51.2 Å². The number of benzene rings is 1. The second kappa shape index (κ2) is 7.87. The Morgan fingerprint density at radius 1 is 1.27 bits per heavy atom. The number of rotatable bonds is 5. The average Bonchev–Trinajstić information content (AvgIpc) is 3.47. The quantitative estimate of drug-likeness (QED) is 0.476. The van der Waals surface area contributed by atoms with Gasteiger partial charge in [0, 0.05) is 36.7 Å². The number of methoxy groups -OCH3 is 1. The molecule has 33 heavy (non-hydrogen) atoms. The van der Waals surface area contributed by atoms with Crippen LogP contribution in [0.25, 0.3) is 16.6 Å². The molecule has 0 spiro atoms. The number of nitrogens with zero attached hydrogens (tertiary/aromatic N) is 7. The summed E-state index contributed by atoms with van der Waals surface area (Å²) in [5, 5.41) is 20.3. The summed E-state index contributed by atoms with van der Waals surface area (Å²) in [6.07, 6.45) is 5.38. The first-order valence-corrected chi connectivity index (χ1v) is 11.3. The van der Waals surface area contributed by atoms with E-state index in [2.05, 4.69) is 15.0 Å². The number of hydrogen-bond donors (Lipinski definition) is 2. The maximum atomic E-state index is 10.1. The minimum Gasteiger partial charge on any atom is -0.497 e. The largest absolute Gasteiger partial charge is 0.497 e. The number of anilines is 2. The lowest BCUT2D eigenvalue weighted by molar-refractivity contribution is 0.0647. The van der Waals surface area contributed by atoms with Crippen molar-refractivity contribution in [1.82, 2.24) is 29.4 Å². The van der Waals surface area contributed by atoms with E-state index >= 15 is 0 Å². The van der Waals surface area contributed by atoms with Crippen LogP contribution in [0, 0.1) is 0 Å². The molecule has 1 fully saturated rings. The molecule has 0 amide bonds.